The summed E-state index contributed by atoms with van der Waals surface area (Å²) in [4.78, 5) is 48.3. The van der Waals surface area contributed by atoms with Crippen molar-refractivity contribution in [2.45, 2.75) is 25.4 Å². The Hall–Kier alpha value is -3.68. The molecular weight excluding hydrogens is 388 g/mol. The summed E-state index contributed by atoms with van der Waals surface area (Å²) >= 11 is 0. The van der Waals surface area contributed by atoms with Crippen LogP contribution in [0.25, 0.3) is 0 Å². The molecule has 0 spiro atoms. The maximum Gasteiger partial charge on any atom is 0.328 e. The number of hydrogen-bond acceptors (Lipinski definition) is 6. The minimum Gasteiger partial charge on any atom is -0.467 e. The quantitative estimate of drug-likeness (QED) is 0.600. The van der Waals surface area contributed by atoms with Gasteiger partial charge in [0, 0.05) is 12.0 Å². The zero-order valence-electron chi connectivity index (χ0n) is 16.8. The lowest BCUT2D eigenvalue weighted by atomic mass is 10.1. The van der Waals surface area contributed by atoms with Gasteiger partial charge in [0.2, 0.25) is 0 Å². The molecule has 2 aromatic rings. The Morgan fingerprint density at radius 2 is 1.47 bits per heavy atom. The maximum atomic E-state index is 12.2. The SMILES string of the molecule is COC(=O)[C@H](Cc1ccccc1)NC(=O)COC(=O)[C@H](C)NC(=O)c1ccccc1. The average Bonchev–Trinajstić information content (AvgIpc) is 2.77. The molecule has 0 saturated heterocycles. The minimum atomic E-state index is -0.953. The molecule has 30 heavy (non-hydrogen) atoms. The lowest BCUT2D eigenvalue weighted by Gasteiger charge is -2.17. The monoisotopic (exact) mass is 412 g/mol. The second-order valence-corrected chi connectivity index (χ2v) is 6.50. The summed E-state index contributed by atoms with van der Waals surface area (Å²) in [5, 5.41) is 5.00. The summed E-state index contributed by atoms with van der Waals surface area (Å²) in [5.41, 5.74) is 1.24. The fraction of sp³-hybridized carbons (Fsp3) is 0.273. The molecule has 0 bridgehead atoms. The molecule has 0 saturated carbocycles. The lowest BCUT2D eigenvalue weighted by molar-refractivity contribution is -0.151. The maximum absolute atomic E-state index is 12.2. The van der Waals surface area contributed by atoms with E-state index in [1.165, 1.54) is 14.0 Å². The van der Waals surface area contributed by atoms with Crippen LogP contribution in [0, 0.1) is 0 Å². The van der Waals surface area contributed by atoms with Crippen molar-refractivity contribution in [3.8, 4) is 0 Å². The van der Waals surface area contributed by atoms with Crippen molar-refractivity contribution in [3.63, 3.8) is 0 Å². The normalized spacial score (nSPS) is 12.2. The second-order valence-electron chi connectivity index (χ2n) is 6.50. The van der Waals surface area contributed by atoms with Crippen LogP contribution in [0.4, 0.5) is 0 Å². The van der Waals surface area contributed by atoms with Crippen molar-refractivity contribution in [1.29, 1.82) is 0 Å². The van der Waals surface area contributed by atoms with Crippen LogP contribution in [0.5, 0.6) is 0 Å². The Morgan fingerprint density at radius 1 is 0.867 bits per heavy atom. The Balaban J connectivity index is 1.84. The lowest BCUT2D eigenvalue weighted by Crippen LogP contribution is -2.46. The molecule has 2 atom stereocenters. The summed E-state index contributed by atoms with van der Waals surface area (Å²) in [6, 6.07) is 15.6. The van der Waals surface area contributed by atoms with E-state index in [1.54, 1.807) is 30.3 Å². The molecule has 0 aliphatic carbocycles. The fourth-order valence-electron chi connectivity index (χ4n) is 2.61. The molecule has 8 heteroatoms. The van der Waals surface area contributed by atoms with E-state index in [1.807, 2.05) is 30.3 Å². The van der Waals surface area contributed by atoms with E-state index < -0.39 is 42.4 Å². The number of esters is 2. The number of benzene rings is 2. The van der Waals surface area contributed by atoms with Gasteiger partial charge in [-0.05, 0) is 24.6 Å². The number of hydrogen-bond donors (Lipinski definition) is 2. The van der Waals surface area contributed by atoms with Gasteiger partial charge >= 0.3 is 11.9 Å². The number of carbonyl (C=O) groups is 4. The van der Waals surface area contributed by atoms with Crippen LogP contribution in [0.2, 0.25) is 0 Å². The van der Waals surface area contributed by atoms with Crippen LogP contribution in [0.15, 0.2) is 60.7 Å². The van der Waals surface area contributed by atoms with Crippen molar-refractivity contribution in [2.75, 3.05) is 13.7 Å². The molecule has 0 heterocycles. The molecule has 8 nitrogen and oxygen atoms in total. The average molecular weight is 412 g/mol. The largest absolute Gasteiger partial charge is 0.467 e. The summed E-state index contributed by atoms with van der Waals surface area (Å²) in [6.45, 7) is 0.862. The van der Waals surface area contributed by atoms with Crippen LogP contribution >= 0.6 is 0 Å². The van der Waals surface area contributed by atoms with Gasteiger partial charge in [-0.15, -0.1) is 0 Å². The number of amides is 2. The summed E-state index contributed by atoms with van der Waals surface area (Å²) < 4.78 is 9.68. The molecule has 0 unspecified atom stereocenters. The van der Waals surface area contributed by atoms with Crippen LogP contribution in [0.1, 0.15) is 22.8 Å². The molecule has 0 fully saturated rings. The fourth-order valence-corrected chi connectivity index (χ4v) is 2.61. The molecule has 2 aromatic carbocycles. The van der Waals surface area contributed by atoms with Crippen LogP contribution in [-0.2, 0) is 30.3 Å². The van der Waals surface area contributed by atoms with Gasteiger partial charge in [-0.2, -0.15) is 0 Å². The second kappa shape index (κ2) is 11.4. The van der Waals surface area contributed by atoms with Crippen LogP contribution in [0.3, 0.4) is 0 Å². The number of methoxy groups -OCH3 is 1. The van der Waals surface area contributed by atoms with Crippen molar-refractivity contribution >= 4 is 23.8 Å². The van der Waals surface area contributed by atoms with Gasteiger partial charge in [0.05, 0.1) is 7.11 Å². The highest BCUT2D eigenvalue weighted by atomic mass is 16.5. The van der Waals surface area contributed by atoms with E-state index in [9.17, 15) is 19.2 Å². The third-order valence-electron chi connectivity index (χ3n) is 4.19. The molecule has 0 radical (unpaired) electrons. The molecule has 0 aromatic heterocycles. The molecule has 2 rings (SSSR count). The first-order chi connectivity index (χ1) is 14.4. The predicted molar refractivity (Wildman–Crippen MR) is 108 cm³/mol. The van der Waals surface area contributed by atoms with Crippen molar-refractivity contribution in [1.82, 2.24) is 10.6 Å². The van der Waals surface area contributed by atoms with E-state index in [0.29, 0.717) is 5.56 Å². The Bertz CT molecular complexity index is 870. The summed E-state index contributed by atoms with van der Waals surface area (Å²) in [7, 11) is 1.23. The smallest absolute Gasteiger partial charge is 0.328 e. The highest BCUT2D eigenvalue weighted by Gasteiger charge is 2.24. The van der Waals surface area contributed by atoms with Crippen molar-refractivity contribution in [3.05, 3.63) is 71.8 Å². The van der Waals surface area contributed by atoms with Gasteiger partial charge in [-0.3, -0.25) is 9.59 Å². The zero-order valence-corrected chi connectivity index (χ0v) is 16.8. The molecule has 2 N–H and O–H groups in total. The van der Waals surface area contributed by atoms with Gasteiger partial charge in [-0.25, -0.2) is 9.59 Å². The highest BCUT2D eigenvalue weighted by molar-refractivity contribution is 5.96. The number of ether oxygens (including phenoxy) is 2. The molecular formula is C22H24N2O6. The van der Waals surface area contributed by atoms with E-state index in [0.717, 1.165) is 5.56 Å². The Morgan fingerprint density at radius 3 is 2.07 bits per heavy atom. The Labute approximate surface area is 174 Å². The van der Waals surface area contributed by atoms with Gasteiger partial charge in [0.15, 0.2) is 6.61 Å². The predicted octanol–water partition coefficient (Wildman–Crippen LogP) is 1.25. The van der Waals surface area contributed by atoms with Crippen LogP contribution in [-0.4, -0.2) is 49.6 Å². The van der Waals surface area contributed by atoms with Gasteiger partial charge in [-0.1, -0.05) is 48.5 Å². The topological polar surface area (TPSA) is 111 Å². The first kappa shape index (κ1) is 22.6. The molecule has 0 aliphatic rings. The molecule has 2 amide bonds. The van der Waals surface area contributed by atoms with Crippen LogP contribution < -0.4 is 10.6 Å². The minimum absolute atomic E-state index is 0.233. The summed E-state index contributed by atoms with van der Waals surface area (Å²) in [5.74, 6) is -2.47. The van der Waals surface area contributed by atoms with E-state index >= 15 is 0 Å². The summed E-state index contributed by atoms with van der Waals surface area (Å²) in [6.07, 6.45) is 0.233. The number of nitrogens with one attached hydrogen (secondary N) is 2. The first-order valence-corrected chi connectivity index (χ1v) is 9.34. The standard InChI is InChI=1S/C22H24N2O6/c1-15(23-20(26)17-11-7-4-8-12-17)21(27)30-14-19(25)24-18(22(28)29-2)13-16-9-5-3-6-10-16/h3-12,15,18H,13-14H2,1-2H3,(H,23,26)(H,24,25)/t15-,18-/m0/s1. The van der Waals surface area contributed by atoms with E-state index in [4.69, 9.17) is 9.47 Å². The van der Waals surface area contributed by atoms with Gasteiger partial charge < -0.3 is 20.1 Å². The number of rotatable bonds is 9. The zero-order chi connectivity index (χ0) is 21.9. The number of carbonyl (C=O) groups excluding carboxylic acids is 4. The van der Waals surface area contributed by atoms with E-state index in [2.05, 4.69) is 10.6 Å². The van der Waals surface area contributed by atoms with Gasteiger partial charge in [0.1, 0.15) is 12.1 Å². The first-order valence-electron chi connectivity index (χ1n) is 9.34. The third-order valence-corrected chi connectivity index (χ3v) is 4.19. The highest BCUT2D eigenvalue weighted by Crippen LogP contribution is 2.05. The molecule has 0 aliphatic heterocycles. The van der Waals surface area contributed by atoms with Crippen molar-refractivity contribution < 1.29 is 28.7 Å². The third kappa shape index (κ3) is 7.05. The Kier molecular flexibility index (Phi) is 8.56. The van der Waals surface area contributed by atoms with Gasteiger partial charge in [0.25, 0.3) is 11.8 Å². The van der Waals surface area contributed by atoms with Crippen molar-refractivity contribution in [2.24, 2.45) is 0 Å². The molecule has 158 valence electrons. The van der Waals surface area contributed by atoms with E-state index in [-0.39, 0.29) is 6.42 Å².